The second-order valence-electron chi connectivity index (χ2n) is 3.40. The molecule has 2 amide bonds. The van der Waals surface area contributed by atoms with Crippen LogP contribution < -0.4 is 10.6 Å². The first-order chi connectivity index (χ1) is 5.58. The van der Waals surface area contributed by atoms with Crippen LogP contribution in [0.1, 0.15) is 26.7 Å². The van der Waals surface area contributed by atoms with Gasteiger partial charge in [-0.1, -0.05) is 13.8 Å². The van der Waals surface area contributed by atoms with Gasteiger partial charge in [-0.3, -0.25) is 14.9 Å². The van der Waals surface area contributed by atoms with Crippen LogP contribution in [-0.2, 0) is 9.59 Å². The topological polar surface area (TPSA) is 58.2 Å². The molecule has 2 N–H and O–H groups in total. The zero-order valence-corrected chi connectivity index (χ0v) is 7.39. The molecule has 0 aliphatic carbocycles. The van der Waals surface area contributed by atoms with Crippen molar-refractivity contribution in [1.82, 2.24) is 10.6 Å². The summed E-state index contributed by atoms with van der Waals surface area (Å²) >= 11 is 0. The summed E-state index contributed by atoms with van der Waals surface area (Å²) in [6.07, 6.45) is 0.813. The second kappa shape index (κ2) is 3.67. The SMILES string of the molecule is CC(C)NC1CC(=O)NC(=O)C1. The lowest BCUT2D eigenvalue weighted by Crippen LogP contribution is -2.48. The Bertz CT molecular complexity index is 185. The first kappa shape index (κ1) is 9.19. The predicted molar refractivity (Wildman–Crippen MR) is 44.4 cm³/mol. The molecule has 0 bridgehead atoms. The number of hydrogen-bond donors (Lipinski definition) is 2. The molecule has 1 aliphatic rings. The van der Waals surface area contributed by atoms with Crippen molar-refractivity contribution in [3.8, 4) is 0 Å². The predicted octanol–water partition coefficient (Wildman–Crippen LogP) is -0.210. The summed E-state index contributed by atoms with van der Waals surface area (Å²) in [6.45, 7) is 3.99. The molecule has 1 heterocycles. The van der Waals surface area contributed by atoms with Gasteiger partial charge in [0.15, 0.2) is 0 Å². The van der Waals surface area contributed by atoms with Gasteiger partial charge in [0.2, 0.25) is 11.8 Å². The number of amides is 2. The zero-order chi connectivity index (χ0) is 9.14. The summed E-state index contributed by atoms with van der Waals surface area (Å²) < 4.78 is 0. The van der Waals surface area contributed by atoms with Crippen LogP contribution in [-0.4, -0.2) is 23.9 Å². The first-order valence-corrected chi connectivity index (χ1v) is 4.16. The molecule has 1 fully saturated rings. The molecule has 0 aromatic rings. The second-order valence-corrected chi connectivity index (χ2v) is 3.40. The molecule has 0 unspecified atom stereocenters. The van der Waals surface area contributed by atoms with Crippen LogP contribution in [0.4, 0.5) is 0 Å². The Morgan fingerprint density at radius 1 is 1.33 bits per heavy atom. The molecule has 1 aliphatic heterocycles. The van der Waals surface area contributed by atoms with Gasteiger partial charge in [0.1, 0.15) is 0 Å². The molecule has 1 rings (SSSR count). The normalized spacial score (nSPS) is 19.9. The first-order valence-electron chi connectivity index (χ1n) is 4.16. The maximum atomic E-state index is 10.9. The fourth-order valence-corrected chi connectivity index (χ4v) is 1.37. The summed E-state index contributed by atoms with van der Waals surface area (Å²) in [5, 5.41) is 5.43. The van der Waals surface area contributed by atoms with E-state index in [-0.39, 0.29) is 17.9 Å². The lowest BCUT2D eigenvalue weighted by molar-refractivity contribution is -0.133. The van der Waals surface area contributed by atoms with Gasteiger partial charge in [-0.2, -0.15) is 0 Å². The molecule has 0 radical (unpaired) electrons. The fraction of sp³-hybridized carbons (Fsp3) is 0.750. The summed E-state index contributed by atoms with van der Waals surface area (Å²) in [5.41, 5.74) is 0. The van der Waals surface area contributed by atoms with E-state index in [0.717, 1.165) is 0 Å². The minimum Gasteiger partial charge on any atom is -0.311 e. The molecule has 0 aromatic carbocycles. The molecule has 0 atom stereocenters. The van der Waals surface area contributed by atoms with E-state index < -0.39 is 0 Å². The molecule has 0 spiro atoms. The zero-order valence-electron chi connectivity index (χ0n) is 7.39. The highest BCUT2D eigenvalue weighted by molar-refractivity contribution is 5.98. The Morgan fingerprint density at radius 2 is 1.83 bits per heavy atom. The third-order valence-corrected chi connectivity index (χ3v) is 1.71. The van der Waals surface area contributed by atoms with E-state index in [9.17, 15) is 9.59 Å². The van der Waals surface area contributed by atoms with Gasteiger partial charge < -0.3 is 5.32 Å². The van der Waals surface area contributed by atoms with Gasteiger partial charge in [-0.25, -0.2) is 0 Å². The minimum absolute atomic E-state index is 0.0197. The molecule has 1 saturated heterocycles. The molecular formula is C8H14N2O2. The number of piperidine rings is 1. The van der Waals surface area contributed by atoms with Crippen molar-refractivity contribution in [2.45, 2.75) is 38.8 Å². The number of carbonyl (C=O) groups excluding carboxylic acids is 2. The Morgan fingerprint density at radius 3 is 2.25 bits per heavy atom. The molecule has 0 saturated carbocycles. The number of hydrogen-bond acceptors (Lipinski definition) is 3. The van der Waals surface area contributed by atoms with Crippen LogP contribution >= 0.6 is 0 Å². The monoisotopic (exact) mass is 170 g/mol. The van der Waals surface area contributed by atoms with E-state index in [4.69, 9.17) is 0 Å². The average molecular weight is 170 g/mol. The average Bonchev–Trinajstić information content (AvgIpc) is 1.81. The summed E-state index contributed by atoms with van der Waals surface area (Å²) in [7, 11) is 0. The van der Waals surface area contributed by atoms with Crippen molar-refractivity contribution >= 4 is 11.8 Å². The van der Waals surface area contributed by atoms with Crippen molar-refractivity contribution in [2.75, 3.05) is 0 Å². The van der Waals surface area contributed by atoms with Crippen LogP contribution in [0, 0.1) is 0 Å². The maximum absolute atomic E-state index is 10.9. The maximum Gasteiger partial charge on any atom is 0.228 e. The highest BCUT2D eigenvalue weighted by Gasteiger charge is 2.24. The molecule has 12 heavy (non-hydrogen) atoms. The number of imide groups is 1. The van der Waals surface area contributed by atoms with E-state index in [0.29, 0.717) is 18.9 Å². The lowest BCUT2D eigenvalue weighted by atomic mass is 10.0. The molecular weight excluding hydrogens is 156 g/mol. The van der Waals surface area contributed by atoms with Crippen LogP contribution in [0.5, 0.6) is 0 Å². The van der Waals surface area contributed by atoms with Crippen LogP contribution in [0.3, 0.4) is 0 Å². The van der Waals surface area contributed by atoms with Gasteiger partial charge in [0.25, 0.3) is 0 Å². The standard InChI is InChI=1S/C8H14N2O2/c1-5(2)9-6-3-7(11)10-8(12)4-6/h5-6,9H,3-4H2,1-2H3,(H,10,11,12). The van der Waals surface area contributed by atoms with Crippen molar-refractivity contribution in [2.24, 2.45) is 0 Å². The van der Waals surface area contributed by atoms with Gasteiger partial charge >= 0.3 is 0 Å². The van der Waals surface area contributed by atoms with Gasteiger partial charge in [-0.05, 0) is 0 Å². The van der Waals surface area contributed by atoms with E-state index >= 15 is 0 Å². The quantitative estimate of drug-likeness (QED) is 0.564. The van der Waals surface area contributed by atoms with Crippen molar-refractivity contribution in [3.63, 3.8) is 0 Å². The van der Waals surface area contributed by atoms with Gasteiger partial charge in [0.05, 0.1) is 0 Å². The number of nitrogens with one attached hydrogen (secondary N) is 2. The Balaban J connectivity index is 2.44. The van der Waals surface area contributed by atoms with Crippen molar-refractivity contribution < 1.29 is 9.59 Å². The Labute approximate surface area is 71.7 Å². The van der Waals surface area contributed by atoms with E-state index in [1.807, 2.05) is 13.8 Å². The van der Waals surface area contributed by atoms with Crippen LogP contribution in [0.25, 0.3) is 0 Å². The third kappa shape index (κ3) is 2.62. The molecule has 4 nitrogen and oxygen atoms in total. The fourth-order valence-electron chi connectivity index (χ4n) is 1.37. The molecule has 0 aromatic heterocycles. The largest absolute Gasteiger partial charge is 0.311 e. The number of carbonyl (C=O) groups is 2. The Kier molecular flexibility index (Phi) is 2.81. The highest BCUT2D eigenvalue weighted by Crippen LogP contribution is 2.05. The summed E-state index contributed by atoms with van der Waals surface area (Å²) in [6, 6.07) is 0.333. The lowest BCUT2D eigenvalue weighted by Gasteiger charge is -2.23. The number of rotatable bonds is 2. The van der Waals surface area contributed by atoms with E-state index in [2.05, 4.69) is 10.6 Å². The third-order valence-electron chi connectivity index (χ3n) is 1.71. The van der Waals surface area contributed by atoms with Crippen LogP contribution in [0.2, 0.25) is 0 Å². The smallest absolute Gasteiger partial charge is 0.228 e. The summed E-state index contributed by atoms with van der Waals surface area (Å²) in [4.78, 5) is 21.8. The van der Waals surface area contributed by atoms with Crippen LogP contribution in [0.15, 0.2) is 0 Å². The van der Waals surface area contributed by atoms with E-state index in [1.54, 1.807) is 0 Å². The highest BCUT2D eigenvalue weighted by atomic mass is 16.2. The van der Waals surface area contributed by atoms with Gasteiger partial charge in [0, 0.05) is 24.9 Å². The van der Waals surface area contributed by atoms with Crippen molar-refractivity contribution in [3.05, 3.63) is 0 Å². The Hall–Kier alpha value is -0.900. The van der Waals surface area contributed by atoms with E-state index in [1.165, 1.54) is 0 Å². The minimum atomic E-state index is -0.176. The van der Waals surface area contributed by atoms with Crippen molar-refractivity contribution in [1.29, 1.82) is 0 Å². The van der Waals surface area contributed by atoms with Gasteiger partial charge in [-0.15, -0.1) is 0 Å². The molecule has 68 valence electrons. The summed E-state index contributed by atoms with van der Waals surface area (Å²) in [5.74, 6) is -0.353. The molecule has 4 heteroatoms.